The first-order chi connectivity index (χ1) is 22.3. The fourth-order valence-electron chi connectivity index (χ4n) is 4.97. The van der Waals surface area contributed by atoms with Crippen LogP contribution in [0.4, 0.5) is 0 Å². The number of unbranched alkanes of at least 4 members (excludes halogenated alkanes) is 15. The van der Waals surface area contributed by atoms with Gasteiger partial charge in [0.15, 0.2) is 0 Å². The molecule has 0 aromatic rings. The third-order valence-electron chi connectivity index (χ3n) is 7.75. The number of rotatable bonds is 33. The van der Waals surface area contributed by atoms with Crippen LogP contribution in [0.15, 0.2) is 36.5 Å². The minimum absolute atomic E-state index is 0.0422. The molecule has 0 aliphatic rings. The number of hydrogen-bond donors (Lipinski definition) is 5. The fourth-order valence-corrected chi connectivity index (χ4v) is 5.73. The Kier molecular flexibility index (Phi) is 31.3. The van der Waals surface area contributed by atoms with E-state index in [0.29, 0.717) is 12.8 Å². The monoisotopic (exact) mass is 672 g/mol. The van der Waals surface area contributed by atoms with E-state index in [0.717, 1.165) is 44.9 Å². The van der Waals surface area contributed by atoms with Crippen LogP contribution in [0, 0.1) is 0 Å². The van der Waals surface area contributed by atoms with Crippen LogP contribution in [-0.2, 0) is 18.4 Å². The maximum Gasteiger partial charge on any atom is 0.472 e. The summed E-state index contributed by atoms with van der Waals surface area (Å²) in [6, 6.07) is -1.00. The Morgan fingerprint density at radius 3 is 1.80 bits per heavy atom. The number of nitrogens with two attached hydrogens (primary N) is 1. The van der Waals surface area contributed by atoms with Crippen molar-refractivity contribution in [1.82, 2.24) is 5.32 Å². The zero-order valence-corrected chi connectivity index (χ0v) is 30.1. The zero-order valence-electron chi connectivity index (χ0n) is 29.2. The molecule has 0 spiro atoms. The number of carbonyl (C=O) groups excluding carboxylic acids is 1. The van der Waals surface area contributed by atoms with E-state index in [2.05, 4.69) is 43.5 Å². The summed E-state index contributed by atoms with van der Waals surface area (Å²) >= 11 is 0. The van der Waals surface area contributed by atoms with Gasteiger partial charge in [-0.25, -0.2) is 4.57 Å². The normalized spacial score (nSPS) is 15.5. The molecule has 0 saturated carbocycles. The van der Waals surface area contributed by atoms with Crippen LogP contribution in [0.2, 0.25) is 0 Å². The summed E-state index contributed by atoms with van der Waals surface area (Å²) in [7, 11) is -4.40. The van der Waals surface area contributed by atoms with Crippen LogP contribution in [0.1, 0.15) is 149 Å². The summed E-state index contributed by atoms with van der Waals surface area (Å²) in [5.41, 5.74) is 5.33. The maximum absolute atomic E-state index is 12.7. The second kappa shape index (κ2) is 32.2. The molecule has 0 aromatic heterocycles. The van der Waals surface area contributed by atoms with E-state index in [-0.39, 0.29) is 19.6 Å². The minimum Gasteiger partial charge on any atom is -0.393 e. The Morgan fingerprint density at radius 2 is 1.24 bits per heavy atom. The van der Waals surface area contributed by atoms with E-state index in [9.17, 15) is 24.5 Å². The molecule has 0 fully saturated rings. The van der Waals surface area contributed by atoms with Crippen LogP contribution in [0.3, 0.4) is 0 Å². The molecule has 4 atom stereocenters. The van der Waals surface area contributed by atoms with Crippen molar-refractivity contribution in [3.8, 4) is 0 Å². The molecule has 270 valence electrons. The van der Waals surface area contributed by atoms with Crippen molar-refractivity contribution in [3.63, 3.8) is 0 Å². The van der Waals surface area contributed by atoms with E-state index >= 15 is 0 Å². The predicted molar refractivity (Wildman–Crippen MR) is 190 cm³/mol. The van der Waals surface area contributed by atoms with Gasteiger partial charge in [0.05, 0.1) is 37.9 Å². The van der Waals surface area contributed by atoms with Crippen LogP contribution in [0.5, 0.6) is 0 Å². The predicted octanol–water partition coefficient (Wildman–Crippen LogP) is 8.19. The highest BCUT2D eigenvalue weighted by Gasteiger charge is 2.27. The van der Waals surface area contributed by atoms with Crippen LogP contribution < -0.4 is 11.1 Å². The molecular formula is C36H69N2O7P. The smallest absolute Gasteiger partial charge is 0.393 e. The minimum atomic E-state index is -4.40. The molecule has 1 amide bonds. The van der Waals surface area contributed by atoms with Crippen LogP contribution in [-0.4, -0.2) is 59.0 Å². The van der Waals surface area contributed by atoms with Crippen molar-refractivity contribution >= 4 is 13.7 Å². The van der Waals surface area contributed by atoms with Crippen molar-refractivity contribution in [3.05, 3.63) is 36.5 Å². The number of aliphatic hydroxyl groups excluding tert-OH is 2. The quantitative estimate of drug-likeness (QED) is 0.0266. The van der Waals surface area contributed by atoms with E-state index in [4.69, 9.17) is 14.8 Å². The molecule has 9 nitrogen and oxygen atoms in total. The van der Waals surface area contributed by atoms with Crippen LogP contribution in [0.25, 0.3) is 0 Å². The molecule has 10 heteroatoms. The van der Waals surface area contributed by atoms with E-state index in [1.807, 2.05) is 6.08 Å². The van der Waals surface area contributed by atoms with Gasteiger partial charge in [-0.2, -0.15) is 0 Å². The summed E-state index contributed by atoms with van der Waals surface area (Å²) in [5.74, 6) is -0.465. The SMILES string of the molecule is CCCCCCCC/C=C/CC/C=C/CC/C=C/C(O)C(COP(=O)(O)OCCN)NC(=O)CC(O)CCCCCCCCCC. The fraction of sp³-hybridized carbons (Fsp3) is 0.806. The van der Waals surface area contributed by atoms with Gasteiger partial charge in [-0.15, -0.1) is 0 Å². The number of carbonyl (C=O) groups is 1. The van der Waals surface area contributed by atoms with E-state index in [1.165, 1.54) is 70.6 Å². The summed E-state index contributed by atoms with van der Waals surface area (Å²) in [5, 5.41) is 23.8. The third kappa shape index (κ3) is 30.0. The van der Waals surface area contributed by atoms with Gasteiger partial charge < -0.3 is 26.2 Å². The van der Waals surface area contributed by atoms with Gasteiger partial charge in [-0.3, -0.25) is 13.8 Å². The average molecular weight is 673 g/mol. The molecule has 0 rings (SSSR count). The molecule has 0 heterocycles. The lowest BCUT2D eigenvalue weighted by atomic mass is 10.0. The summed E-state index contributed by atoms with van der Waals surface area (Å²) in [6.45, 7) is 3.87. The molecule has 6 N–H and O–H groups in total. The summed E-state index contributed by atoms with van der Waals surface area (Å²) in [4.78, 5) is 22.5. The molecule has 0 radical (unpaired) electrons. The number of amides is 1. The number of phosphoric ester groups is 1. The lowest BCUT2D eigenvalue weighted by Crippen LogP contribution is -2.46. The van der Waals surface area contributed by atoms with Gasteiger partial charge in [0.25, 0.3) is 0 Å². The second-order valence-electron chi connectivity index (χ2n) is 12.3. The lowest BCUT2D eigenvalue weighted by molar-refractivity contribution is -0.124. The topological polar surface area (TPSA) is 151 Å². The highest BCUT2D eigenvalue weighted by Crippen LogP contribution is 2.43. The highest BCUT2D eigenvalue weighted by atomic mass is 31.2. The Labute approximate surface area is 281 Å². The largest absolute Gasteiger partial charge is 0.472 e. The van der Waals surface area contributed by atoms with Gasteiger partial charge in [0, 0.05) is 6.54 Å². The highest BCUT2D eigenvalue weighted by molar-refractivity contribution is 7.47. The molecule has 0 aliphatic carbocycles. The summed E-state index contributed by atoms with van der Waals surface area (Å²) in [6.07, 6.45) is 32.4. The molecule has 0 aromatic carbocycles. The van der Waals surface area contributed by atoms with Crippen molar-refractivity contribution in [2.24, 2.45) is 5.73 Å². The Balaban J connectivity index is 4.56. The Morgan fingerprint density at radius 1 is 0.739 bits per heavy atom. The van der Waals surface area contributed by atoms with Crippen molar-refractivity contribution in [2.75, 3.05) is 19.8 Å². The van der Waals surface area contributed by atoms with Gasteiger partial charge in [0.2, 0.25) is 5.91 Å². The molecule has 0 saturated heterocycles. The van der Waals surface area contributed by atoms with Crippen molar-refractivity contribution in [2.45, 2.75) is 167 Å². The van der Waals surface area contributed by atoms with Gasteiger partial charge >= 0.3 is 7.82 Å². The number of phosphoric acid groups is 1. The Hall–Kier alpha value is -1.32. The average Bonchev–Trinajstić information content (AvgIpc) is 3.03. The first-order valence-corrected chi connectivity index (χ1v) is 19.7. The molecule has 0 bridgehead atoms. The number of nitrogens with one attached hydrogen (secondary N) is 1. The number of allylic oxidation sites excluding steroid dienone is 5. The maximum atomic E-state index is 12.7. The first-order valence-electron chi connectivity index (χ1n) is 18.2. The van der Waals surface area contributed by atoms with Crippen LogP contribution >= 0.6 is 7.82 Å². The number of aliphatic hydroxyl groups is 2. The van der Waals surface area contributed by atoms with E-state index < -0.39 is 38.6 Å². The zero-order chi connectivity index (χ0) is 34.1. The summed E-state index contributed by atoms with van der Waals surface area (Å²) < 4.78 is 21.9. The van der Waals surface area contributed by atoms with Crippen molar-refractivity contribution in [1.29, 1.82) is 0 Å². The first kappa shape index (κ1) is 44.7. The number of hydrogen-bond acceptors (Lipinski definition) is 7. The van der Waals surface area contributed by atoms with E-state index in [1.54, 1.807) is 6.08 Å². The van der Waals surface area contributed by atoms with Crippen molar-refractivity contribution < 1.29 is 33.5 Å². The van der Waals surface area contributed by atoms with Gasteiger partial charge in [-0.05, 0) is 44.9 Å². The molecule has 0 aliphatic heterocycles. The third-order valence-corrected chi connectivity index (χ3v) is 8.74. The molecule has 4 unspecified atom stereocenters. The lowest BCUT2D eigenvalue weighted by Gasteiger charge is -2.24. The van der Waals surface area contributed by atoms with Gasteiger partial charge in [0.1, 0.15) is 0 Å². The second-order valence-corrected chi connectivity index (χ2v) is 13.7. The standard InChI is InChI=1S/C36H69N2O7P/c1-3-5-7-9-11-13-14-15-16-17-18-19-20-22-24-26-28-35(40)34(32-45-46(42,43)44-30-29-37)38-36(41)31-33(39)27-25-23-21-12-10-8-6-4-2/h15-16,19-20,26,28,33-35,39-40H,3-14,17-18,21-25,27,29-32,37H2,1-2H3,(H,38,41)(H,42,43)/b16-15+,20-19+,28-26+. The van der Waals surface area contributed by atoms with Gasteiger partial charge in [-0.1, -0.05) is 134 Å². The Bertz CT molecular complexity index is 837. The molecule has 46 heavy (non-hydrogen) atoms. The molecular weight excluding hydrogens is 603 g/mol.